The molecule has 0 aliphatic rings. The molecule has 0 spiro atoms. The minimum Gasteiger partial charge on any atom is -0.505 e. The highest BCUT2D eigenvalue weighted by atomic mass is 35.5. The Hall–Kier alpha value is -1.52. The van der Waals surface area contributed by atoms with Gasteiger partial charge in [-0.15, -0.1) is 0 Å². The molecule has 9 heteroatoms. The number of aliphatic hydroxyl groups is 1. The van der Waals surface area contributed by atoms with E-state index in [0.29, 0.717) is 0 Å². The number of alkyl halides is 2. The number of esters is 1. The van der Waals surface area contributed by atoms with Crippen LogP contribution in [0.5, 0.6) is 0 Å². The van der Waals surface area contributed by atoms with Crippen LogP contribution in [0.15, 0.2) is 12.0 Å². The fourth-order valence-electron chi connectivity index (χ4n) is 1.05. The molecule has 0 rings (SSSR count). The van der Waals surface area contributed by atoms with E-state index in [0.717, 1.165) is 13.3 Å². The summed E-state index contributed by atoms with van der Waals surface area (Å²) in [5.74, 6) is -1.70. The summed E-state index contributed by atoms with van der Waals surface area (Å²) in [7, 11) is 1.15. The molecule has 0 aliphatic carbocycles. The number of carbonyl (C=O) groups excluding carboxylic acids is 2. The first-order valence-electron chi connectivity index (χ1n) is 4.81. The first-order chi connectivity index (χ1) is 8.42. The van der Waals surface area contributed by atoms with Crippen LogP contribution >= 0.6 is 23.2 Å². The van der Waals surface area contributed by atoms with Crippen molar-refractivity contribution in [2.24, 2.45) is 0 Å². The van der Waals surface area contributed by atoms with Gasteiger partial charge in [0, 0.05) is 6.42 Å². The van der Waals surface area contributed by atoms with Crippen molar-refractivity contribution in [1.29, 1.82) is 5.39 Å². The third-order valence-electron chi connectivity index (χ3n) is 1.90. The molecule has 0 aromatic carbocycles. The van der Waals surface area contributed by atoms with Crippen molar-refractivity contribution in [3.05, 3.63) is 16.9 Å². The predicted molar refractivity (Wildman–Crippen MR) is 64.5 cm³/mol. The number of ether oxygens (including phenoxy) is 1. The molecule has 0 saturated carbocycles. The Kier molecular flexibility index (Phi) is 7.83. The van der Waals surface area contributed by atoms with Gasteiger partial charge in [0.05, 0.1) is 7.11 Å². The van der Waals surface area contributed by atoms with Gasteiger partial charge in [0.15, 0.2) is 15.6 Å². The van der Waals surface area contributed by atoms with Gasteiger partial charge < -0.3 is 15.2 Å². The Morgan fingerprint density at radius 1 is 1.56 bits per heavy atom. The summed E-state index contributed by atoms with van der Waals surface area (Å²) in [6.07, 6.45) is 0.845. The quantitative estimate of drug-likeness (QED) is 0.334. The molecule has 0 aromatic rings. The van der Waals surface area contributed by atoms with Gasteiger partial charge in [0.1, 0.15) is 6.04 Å². The van der Waals surface area contributed by atoms with Gasteiger partial charge in [-0.2, -0.15) is 0 Å². The van der Waals surface area contributed by atoms with Crippen LogP contribution in [-0.2, 0) is 14.3 Å². The summed E-state index contributed by atoms with van der Waals surface area (Å²) in [6, 6.07) is -1.00. The second kappa shape index (κ2) is 8.55. The zero-order valence-electron chi connectivity index (χ0n) is 9.47. The van der Waals surface area contributed by atoms with Crippen LogP contribution in [-0.4, -0.2) is 35.0 Å². The van der Waals surface area contributed by atoms with Gasteiger partial charge >= 0.3 is 12.2 Å². The molecule has 0 aromatic heterocycles. The first kappa shape index (κ1) is 16.5. The van der Waals surface area contributed by atoms with Crippen LogP contribution in [0.4, 0.5) is 0 Å². The normalized spacial score (nSPS) is 12.7. The number of nitrogens with one attached hydrogen (secondary N) is 1. The minimum absolute atomic E-state index is 0.000650. The van der Waals surface area contributed by atoms with Crippen molar-refractivity contribution in [3.63, 3.8) is 0 Å². The van der Waals surface area contributed by atoms with E-state index < -0.39 is 22.8 Å². The Morgan fingerprint density at radius 2 is 2.17 bits per heavy atom. The molecule has 0 fully saturated rings. The van der Waals surface area contributed by atoms with Gasteiger partial charge in [-0.25, -0.2) is 4.79 Å². The number of nitrogens with zero attached hydrogens (tertiary/aromatic N) is 2. The van der Waals surface area contributed by atoms with Crippen LogP contribution in [0.25, 0.3) is 4.98 Å². The van der Waals surface area contributed by atoms with Crippen LogP contribution < -0.4 is 5.32 Å². The van der Waals surface area contributed by atoms with Crippen molar-refractivity contribution in [2.45, 2.75) is 23.7 Å². The highest BCUT2D eigenvalue weighted by Gasteiger charge is 2.24. The van der Waals surface area contributed by atoms with Crippen LogP contribution in [0.2, 0.25) is 0 Å². The first-order valence-corrected chi connectivity index (χ1v) is 5.68. The molecule has 2 N–H and O–H groups in total. The number of halogens is 2. The topological polar surface area (TPSA) is 104 Å². The monoisotopic (exact) mass is 296 g/mol. The van der Waals surface area contributed by atoms with E-state index in [1.54, 1.807) is 0 Å². The third-order valence-corrected chi connectivity index (χ3v) is 2.29. The molecule has 7 nitrogen and oxygen atoms in total. The standard InChI is InChI=1S/C9H11Cl2N3O4/c1-18-9(17)6(14-8(16)7(10)11)3-2-5(15)4-13-12/h4,6-7H,2-3H2,1H3,(H-,14,15,16)/p+1. The molecule has 0 saturated heterocycles. The number of amides is 1. The second-order valence-corrected chi connectivity index (χ2v) is 4.26. The number of carbonyl (C=O) groups is 2. The predicted octanol–water partition coefficient (Wildman–Crippen LogP) is 1.48. The maximum Gasteiger partial charge on any atom is 0.387 e. The minimum atomic E-state index is -1.31. The van der Waals surface area contributed by atoms with Crippen molar-refractivity contribution < 1.29 is 19.4 Å². The Morgan fingerprint density at radius 3 is 2.61 bits per heavy atom. The van der Waals surface area contributed by atoms with E-state index >= 15 is 0 Å². The zero-order valence-corrected chi connectivity index (χ0v) is 11.0. The average molecular weight is 297 g/mol. The lowest BCUT2D eigenvalue weighted by atomic mass is 10.1. The van der Waals surface area contributed by atoms with Crippen LogP contribution in [0, 0.1) is 5.39 Å². The van der Waals surface area contributed by atoms with Gasteiger partial charge in [0.25, 0.3) is 5.91 Å². The smallest absolute Gasteiger partial charge is 0.387 e. The number of aliphatic hydroxyl groups excluding tert-OH is 1. The number of diazo groups is 1. The highest BCUT2D eigenvalue weighted by molar-refractivity contribution is 6.53. The summed E-state index contributed by atoms with van der Waals surface area (Å²) in [5, 5.41) is 19.6. The summed E-state index contributed by atoms with van der Waals surface area (Å²) < 4.78 is 4.47. The molecule has 0 radical (unpaired) electrons. The molecular weight excluding hydrogens is 285 g/mol. The number of methoxy groups -OCH3 is 1. The Bertz CT molecular complexity index is 378. The number of rotatable bonds is 6. The largest absolute Gasteiger partial charge is 0.505 e. The molecule has 1 atom stereocenters. The number of hydrogen-bond donors (Lipinski definition) is 2. The Balaban J connectivity index is 4.52. The number of allylic oxidation sites excluding steroid dienone is 1. The molecule has 0 heterocycles. The Labute approximate surface area is 113 Å². The van der Waals surface area contributed by atoms with E-state index in [4.69, 9.17) is 28.6 Å². The fourth-order valence-corrected chi connectivity index (χ4v) is 1.18. The third kappa shape index (κ3) is 6.27. The van der Waals surface area contributed by atoms with E-state index in [1.165, 1.54) is 0 Å². The fraction of sp³-hybridized carbons (Fsp3) is 0.556. The highest BCUT2D eigenvalue weighted by Crippen LogP contribution is 2.08. The van der Waals surface area contributed by atoms with Gasteiger partial charge in [0.2, 0.25) is 5.39 Å². The second-order valence-electron chi connectivity index (χ2n) is 3.16. The summed E-state index contributed by atoms with van der Waals surface area (Å²) in [6.45, 7) is 0. The van der Waals surface area contributed by atoms with Crippen LogP contribution in [0.3, 0.4) is 0 Å². The van der Waals surface area contributed by atoms with Gasteiger partial charge in [-0.1, -0.05) is 23.2 Å². The average Bonchev–Trinajstić information content (AvgIpc) is 2.33. The number of hydrogen-bond acceptors (Lipinski definition) is 5. The summed E-state index contributed by atoms with van der Waals surface area (Å²) in [5.41, 5.74) is 0. The van der Waals surface area contributed by atoms with Crippen molar-refractivity contribution >= 4 is 35.1 Å². The maximum atomic E-state index is 11.3. The molecule has 0 bridgehead atoms. The van der Waals surface area contributed by atoms with E-state index in [2.05, 4.69) is 15.0 Å². The van der Waals surface area contributed by atoms with E-state index in [-0.39, 0.29) is 18.6 Å². The van der Waals surface area contributed by atoms with Gasteiger partial charge in [-0.05, 0) is 6.42 Å². The molecular formula is C9H12Cl2N3O4+. The molecule has 1 unspecified atom stereocenters. The molecule has 18 heavy (non-hydrogen) atoms. The summed E-state index contributed by atoms with van der Waals surface area (Å²) in [4.78, 5) is 23.9. The lowest BCUT2D eigenvalue weighted by Gasteiger charge is -2.16. The van der Waals surface area contributed by atoms with Crippen molar-refractivity contribution in [2.75, 3.05) is 7.11 Å². The molecule has 1 amide bonds. The maximum absolute atomic E-state index is 11.3. The zero-order chi connectivity index (χ0) is 14.1. The van der Waals surface area contributed by atoms with Gasteiger partial charge in [-0.3, -0.25) is 4.79 Å². The van der Waals surface area contributed by atoms with Crippen LogP contribution in [0.1, 0.15) is 12.8 Å². The summed E-state index contributed by atoms with van der Waals surface area (Å²) >= 11 is 10.7. The molecule has 0 aliphatic heterocycles. The molecule has 100 valence electrons. The van der Waals surface area contributed by atoms with Crippen molar-refractivity contribution in [3.8, 4) is 0 Å². The van der Waals surface area contributed by atoms with Crippen molar-refractivity contribution in [1.82, 2.24) is 5.32 Å². The lowest BCUT2D eigenvalue weighted by Crippen LogP contribution is -2.43. The van der Waals surface area contributed by atoms with E-state index in [9.17, 15) is 14.7 Å². The SMILES string of the molecule is COC(=O)C(CCC(O)=C[N+]#N)NC(=O)C(Cl)Cl. The van der Waals surface area contributed by atoms with E-state index in [1.807, 2.05) is 0 Å². The lowest BCUT2D eigenvalue weighted by molar-refractivity contribution is -0.145.